The molecule has 0 bridgehead atoms. The second-order valence-electron chi connectivity index (χ2n) is 8.07. The third kappa shape index (κ3) is 4.13. The number of ether oxygens (including phenoxy) is 1. The molecule has 0 radical (unpaired) electrons. The number of nitrogens with zero attached hydrogens (tertiary/aromatic N) is 7. The van der Waals surface area contributed by atoms with E-state index in [1.807, 2.05) is 33.0 Å². The molecule has 9 heteroatoms. The Morgan fingerprint density at radius 2 is 2.07 bits per heavy atom. The van der Waals surface area contributed by atoms with Gasteiger partial charge >= 0.3 is 6.09 Å². The summed E-state index contributed by atoms with van der Waals surface area (Å²) in [5.74, 6) is 0.698. The number of piperidine rings is 1. The Hall–Kier alpha value is -3.23. The number of fused-ring (bicyclic) bond motifs is 1. The maximum atomic E-state index is 12.6. The number of amides is 1. The average Bonchev–Trinajstić information content (AvgIpc) is 3.12. The molecule has 3 aromatic rings. The molecular weight excluding hydrogens is 370 g/mol. The van der Waals surface area contributed by atoms with Crippen LogP contribution in [0.5, 0.6) is 0 Å². The van der Waals surface area contributed by atoms with E-state index in [9.17, 15) is 4.79 Å². The van der Waals surface area contributed by atoms with E-state index in [4.69, 9.17) is 4.74 Å². The third-order valence-electron chi connectivity index (χ3n) is 4.73. The van der Waals surface area contributed by atoms with Crippen molar-refractivity contribution in [3.8, 4) is 0 Å². The summed E-state index contributed by atoms with van der Waals surface area (Å²) in [6, 6.07) is 1.84. The molecule has 4 heterocycles. The summed E-state index contributed by atoms with van der Waals surface area (Å²) >= 11 is 0. The number of aromatic nitrogens is 5. The molecule has 9 nitrogen and oxygen atoms in total. The molecule has 0 spiro atoms. The molecule has 0 saturated carbocycles. The van der Waals surface area contributed by atoms with Crippen LogP contribution in [0.3, 0.4) is 0 Å². The minimum Gasteiger partial charge on any atom is -0.444 e. The number of hydrogen-bond donors (Lipinski definition) is 0. The zero-order valence-corrected chi connectivity index (χ0v) is 16.9. The van der Waals surface area contributed by atoms with Crippen molar-refractivity contribution in [3.63, 3.8) is 0 Å². The SMILES string of the molecule is CC(C)(C)OC(=O)N1CCCC(N(c2cnccn2)c2cnn3cccnc23)C1. The van der Waals surface area contributed by atoms with E-state index in [0.717, 1.165) is 24.2 Å². The van der Waals surface area contributed by atoms with Gasteiger partial charge in [-0.1, -0.05) is 0 Å². The summed E-state index contributed by atoms with van der Waals surface area (Å²) in [4.78, 5) is 29.7. The van der Waals surface area contributed by atoms with Crippen molar-refractivity contribution >= 4 is 23.2 Å². The fourth-order valence-corrected chi connectivity index (χ4v) is 3.57. The lowest BCUT2D eigenvalue weighted by molar-refractivity contribution is 0.0200. The van der Waals surface area contributed by atoms with E-state index >= 15 is 0 Å². The van der Waals surface area contributed by atoms with Gasteiger partial charge in [0.25, 0.3) is 0 Å². The van der Waals surface area contributed by atoms with Crippen LogP contribution >= 0.6 is 0 Å². The fraction of sp³-hybridized carbons (Fsp3) is 0.450. The van der Waals surface area contributed by atoms with Crippen LogP contribution < -0.4 is 4.90 Å². The fourth-order valence-electron chi connectivity index (χ4n) is 3.57. The van der Waals surface area contributed by atoms with Crippen LogP contribution in [-0.4, -0.2) is 60.3 Å². The molecule has 3 aromatic heterocycles. The quantitative estimate of drug-likeness (QED) is 0.673. The van der Waals surface area contributed by atoms with Gasteiger partial charge in [0.2, 0.25) is 0 Å². The molecular formula is C20H25N7O2. The number of carbonyl (C=O) groups is 1. The molecule has 4 rings (SSSR count). The van der Waals surface area contributed by atoms with E-state index in [1.54, 1.807) is 40.4 Å². The molecule has 1 amide bonds. The van der Waals surface area contributed by atoms with Crippen molar-refractivity contribution in [2.45, 2.75) is 45.3 Å². The summed E-state index contributed by atoms with van der Waals surface area (Å²) in [6.45, 7) is 6.83. The first-order valence-corrected chi connectivity index (χ1v) is 9.74. The zero-order valence-electron chi connectivity index (χ0n) is 16.9. The number of hydrogen-bond acceptors (Lipinski definition) is 7. The van der Waals surface area contributed by atoms with Gasteiger partial charge in [0, 0.05) is 37.9 Å². The van der Waals surface area contributed by atoms with Crippen molar-refractivity contribution in [2.24, 2.45) is 0 Å². The van der Waals surface area contributed by atoms with E-state index in [2.05, 4.69) is 25.0 Å². The van der Waals surface area contributed by atoms with Crippen LogP contribution in [-0.2, 0) is 4.74 Å². The Morgan fingerprint density at radius 1 is 1.21 bits per heavy atom. The largest absolute Gasteiger partial charge is 0.444 e. The lowest BCUT2D eigenvalue weighted by Crippen LogP contribution is -2.50. The highest BCUT2D eigenvalue weighted by Crippen LogP contribution is 2.32. The van der Waals surface area contributed by atoms with Gasteiger partial charge < -0.3 is 14.5 Å². The van der Waals surface area contributed by atoms with E-state index < -0.39 is 5.60 Å². The van der Waals surface area contributed by atoms with E-state index in [0.29, 0.717) is 18.9 Å². The maximum Gasteiger partial charge on any atom is 0.410 e. The van der Waals surface area contributed by atoms with Crippen molar-refractivity contribution in [2.75, 3.05) is 18.0 Å². The molecule has 1 fully saturated rings. The van der Waals surface area contributed by atoms with Gasteiger partial charge in [-0.05, 0) is 39.7 Å². The Balaban J connectivity index is 1.68. The van der Waals surface area contributed by atoms with Gasteiger partial charge in [-0.3, -0.25) is 4.98 Å². The number of anilines is 2. The first-order chi connectivity index (χ1) is 13.9. The second-order valence-corrected chi connectivity index (χ2v) is 8.07. The van der Waals surface area contributed by atoms with Gasteiger partial charge in [-0.2, -0.15) is 5.10 Å². The third-order valence-corrected chi connectivity index (χ3v) is 4.73. The molecule has 1 atom stereocenters. The van der Waals surface area contributed by atoms with Crippen LogP contribution in [0.4, 0.5) is 16.3 Å². The van der Waals surface area contributed by atoms with Crippen LogP contribution in [0.15, 0.2) is 43.2 Å². The van der Waals surface area contributed by atoms with Gasteiger partial charge in [0.1, 0.15) is 11.3 Å². The smallest absolute Gasteiger partial charge is 0.410 e. The second kappa shape index (κ2) is 7.65. The van der Waals surface area contributed by atoms with E-state index in [1.165, 1.54) is 0 Å². The monoisotopic (exact) mass is 395 g/mol. The number of rotatable bonds is 3. The van der Waals surface area contributed by atoms with Gasteiger partial charge in [0.15, 0.2) is 11.5 Å². The molecule has 0 N–H and O–H groups in total. The lowest BCUT2D eigenvalue weighted by atomic mass is 10.0. The summed E-state index contributed by atoms with van der Waals surface area (Å²) in [5, 5.41) is 4.42. The van der Waals surface area contributed by atoms with Crippen molar-refractivity contribution < 1.29 is 9.53 Å². The summed E-state index contributed by atoms with van der Waals surface area (Å²) in [5.41, 5.74) is 1.04. The molecule has 152 valence electrons. The molecule has 1 aliphatic rings. The van der Waals surface area contributed by atoms with Crippen LogP contribution in [0.25, 0.3) is 5.65 Å². The molecule has 1 aliphatic heterocycles. The van der Waals surface area contributed by atoms with Gasteiger partial charge in [0.05, 0.1) is 18.4 Å². The van der Waals surface area contributed by atoms with Crippen molar-refractivity contribution in [1.82, 2.24) is 29.5 Å². The minimum absolute atomic E-state index is 0.00275. The Bertz CT molecular complexity index is 983. The van der Waals surface area contributed by atoms with Crippen molar-refractivity contribution in [3.05, 3.63) is 43.2 Å². The molecule has 0 aliphatic carbocycles. The highest BCUT2D eigenvalue weighted by atomic mass is 16.6. The highest BCUT2D eigenvalue weighted by Gasteiger charge is 2.33. The Labute approximate surface area is 169 Å². The maximum absolute atomic E-state index is 12.6. The predicted octanol–water partition coefficient (Wildman–Crippen LogP) is 3.06. The lowest BCUT2D eigenvalue weighted by Gasteiger charge is -2.39. The molecule has 0 aromatic carbocycles. The number of likely N-dealkylation sites (tertiary alicyclic amines) is 1. The van der Waals surface area contributed by atoms with Crippen LogP contribution in [0, 0.1) is 0 Å². The highest BCUT2D eigenvalue weighted by molar-refractivity contribution is 5.75. The van der Waals surface area contributed by atoms with Crippen LogP contribution in [0.1, 0.15) is 33.6 Å². The topological polar surface area (TPSA) is 88.8 Å². The first kappa shape index (κ1) is 19.1. The Kier molecular flexibility index (Phi) is 5.04. The standard InChI is InChI=1S/C20H25N7O2/c1-20(2,3)29-19(28)25-10-4-6-15(14-25)27(17-13-21-8-9-22-17)16-12-24-26-11-5-7-23-18(16)26/h5,7-9,11-13,15H,4,6,10,14H2,1-3H3. The van der Waals surface area contributed by atoms with E-state index in [-0.39, 0.29) is 12.1 Å². The molecule has 1 unspecified atom stereocenters. The van der Waals surface area contributed by atoms with Crippen molar-refractivity contribution in [1.29, 1.82) is 0 Å². The number of carbonyl (C=O) groups excluding carboxylic acids is 1. The average molecular weight is 395 g/mol. The normalized spacial score (nSPS) is 17.3. The Morgan fingerprint density at radius 3 is 2.83 bits per heavy atom. The first-order valence-electron chi connectivity index (χ1n) is 9.74. The molecule has 1 saturated heterocycles. The van der Waals surface area contributed by atoms with Gasteiger partial charge in [-0.15, -0.1) is 0 Å². The summed E-state index contributed by atoms with van der Waals surface area (Å²) in [7, 11) is 0. The summed E-state index contributed by atoms with van der Waals surface area (Å²) in [6.07, 6.45) is 11.9. The van der Waals surface area contributed by atoms with Gasteiger partial charge in [-0.25, -0.2) is 19.3 Å². The minimum atomic E-state index is -0.527. The predicted molar refractivity (Wildman–Crippen MR) is 108 cm³/mol. The van der Waals surface area contributed by atoms with Crippen LogP contribution in [0.2, 0.25) is 0 Å². The zero-order chi connectivity index (χ0) is 20.4. The molecule has 29 heavy (non-hydrogen) atoms. The summed E-state index contributed by atoms with van der Waals surface area (Å²) < 4.78 is 7.31.